The maximum Gasteiger partial charge on any atom is 0.272 e. The van der Waals surface area contributed by atoms with Crippen molar-refractivity contribution in [1.82, 2.24) is 5.32 Å². The Morgan fingerprint density at radius 1 is 1.42 bits per heavy atom. The highest BCUT2D eigenvalue weighted by Crippen LogP contribution is 2.20. The second-order valence-electron chi connectivity index (χ2n) is 4.69. The van der Waals surface area contributed by atoms with Gasteiger partial charge in [0.2, 0.25) is 0 Å². The van der Waals surface area contributed by atoms with Crippen LogP contribution in [0.3, 0.4) is 0 Å². The van der Waals surface area contributed by atoms with Crippen molar-refractivity contribution in [3.05, 3.63) is 39.4 Å². The first-order chi connectivity index (χ1) is 8.70. The van der Waals surface area contributed by atoms with Gasteiger partial charge in [-0.15, -0.1) is 0 Å². The van der Waals surface area contributed by atoms with Crippen LogP contribution >= 0.6 is 0 Å². The van der Waals surface area contributed by atoms with E-state index in [2.05, 4.69) is 5.32 Å². The number of benzene rings is 1. The Morgan fingerprint density at radius 3 is 2.58 bits per heavy atom. The Labute approximate surface area is 112 Å². The van der Waals surface area contributed by atoms with Gasteiger partial charge in [0, 0.05) is 30.5 Å². The van der Waals surface area contributed by atoms with E-state index >= 15 is 0 Å². The van der Waals surface area contributed by atoms with Crippen molar-refractivity contribution in [3.8, 4) is 0 Å². The lowest BCUT2D eigenvalue weighted by molar-refractivity contribution is -0.385. The number of nitrogens with zero attached hydrogens (tertiary/aromatic N) is 1. The number of nitrogens with one attached hydrogen (secondary N) is 1. The molecule has 0 aliphatic carbocycles. The molecule has 1 unspecified atom stereocenters. The summed E-state index contributed by atoms with van der Waals surface area (Å²) in [7, 11) is -3.03. The van der Waals surface area contributed by atoms with Crippen molar-refractivity contribution >= 4 is 15.5 Å². The van der Waals surface area contributed by atoms with Crippen LogP contribution in [0.2, 0.25) is 0 Å². The molecule has 1 aromatic carbocycles. The lowest BCUT2D eigenvalue weighted by Crippen LogP contribution is -2.32. The normalized spacial score (nSPS) is 13.2. The minimum absolute atomic E-state index is 0.0426. The van der Waals surface area contributed by atoms with Gasteiger partial charge >= 0.3 is 0 Å². The Bertz CT molecular complexity index is 569. The van der Waals surface area contributed by atoms with Gasteiger partial charge in [-0.25, -0.2) is 8.42 Å². The Hall–Kier alpha value is -1.47. The molecular formula is C12H18N2O4S. The number of nitro benzene ring substituents is 1. The fourth-order valence-corrected chi connectivity index (χ4v) is 2.88. The van der Waals surface area contributed by atoms with E-state index in [1.54, 1.807) is 26.0 Å². The molecule has 0 radical (unpaired) electrons. The molecule has 0 aromatic heterocycles. The van der Waals surface area contributed by atoms with Gasteiger partial charge in [0.1, 0.15) is 9.84 Å². The second-order valence-corrected chi connectivity index (χ2v) is 6.88. The van der Waals surface area contributed by atoms with E-state index < -0.39 is 14.8 Å². The summed E-state index contributed by atoms with van der Waals surface area (Å²) in [6.45, 7) is 3.87. The average Bonchev–Trinajstić information content (AvgIpc) is 2.24. The van der Waals surface area contributed by atoms with Crippen LogP contribution < -0.4 is 5.32 Å². The molecule has 0 fully saturated rings. The van der Waals surface area contributed by atoms with Crippen LogP contribution in [0.5, 0.6) is 0 Å². The first-order valence-corrected chi connectivity index (χ1v) is 7.90. The van der Waals surface area contributed by atoms with Crippen molar-refractivity contribution in [2.75, 3.05) is 12.0 Å². The summed E-state index contributed by atoms with van der Waals surface area (Å²) < 4.78 is 22.3. The van der Waals surface area contributed by atoms with Gasteiger partial charge in [0.15, 0.2) is 0 Å². The standard InChI is InChI=1S/C12H18N2O4S/c1-9(8-19(3,17)18)13-7-11-5-4-6-12(10(11)2)14(15)16/h4-6,9,13H,7-8H2,1-3H3. The van der Waals surface area contributed by atoms with E-state index in [-0.39, 0.29) is 17.5 Å². The van der Waals surface area contributed by atoms with Gasteiger partial charge in [-0.2, -0.15) is 0 Å². The second kappa shape index (κ2) is 6.12. The van der Waals surface area contributed by atoms with E-state index in [1.807, 2.05) is 0 Å². The van der Waals surface area contributed by atoms with Crippen molar-refractivity contribution in [2.45, 2.75) is 26.4 Å². The third-order valence-corrected chi connectivity index (χ3v) is 3.91. The predicted octanol–water partition coefficient (Wildman–Crippen LogP) is 1.43. The summed E-state index contributed by atoms with van der Waals surface area (Å²) in [6.07, 6.45) is 1.18. The highest BCUT2D eigenvalue weighted by Gasteiger charge is 2.14. The molecule has 19 heavy (non-hydrogen) atoms. The molecule has 1 rings (SSSR count). The van der Waals surface area contributed by atoms with Crippen LogP contribution in [0.25, 0.3) is 0 Å². The molecule has 0 bridgehead atoms. The molecular weight excluding hydrogens is 268 g/mol. The quantitative estimate of drug-likeness (QED) is 0.631. The van der Waals surface area contributed by atoms with Crippen LogP contribution in [0.4, 0.5) is 5.69 Å². The zero-order chi connectivity index (χ0) is 14.6. The molecule has 0 amide bonds. The Balaban J connectivity index is 2.74. The van der Waals surface area contributed by atoms with Crippen LogP contribution in [-0.2, 0) is 16.4 Å². The number of hydrogen-bond donors (Lipinski definition) is 1. The fourth-order valence-electron chi connectivity index (χ4n) is 1.86. The minimum Gasteiger partial charge on any atom is -0.309 e. The Kier molecular flexibility index (Phi) is 5.02. The summed E-state index contributed by atoms with van der Waals surface area (Å²) in [5.41, 5.74) is 1.48. The van der Waals surface area contributed by atoms with Crippen molar-refractivity contribution in [1.29, 1.82) is 0 Å². The summed E-state index contributed by atoms with van der Waals surface area (Å²) in [4.78, 5) is 10.4. The maximum atomic E-state index is 11.1. The van der Waals surface area contributed by atoms with Gasteiger partial charge in [-0.3, -0.25) is 10.1 Å². The number of sulfone groups is 1. The van der Waals surface area contributed by atoms with E-state index in [0.29, 0.717) is 12.1 Å². The van der Waals surface area contributed by atoms with Crippen LogP contribution in [0, 0.1) is 17.0 Å². The molecule has 1 atom stereocenters. The fraction of sp³-hybridized carbons (Fsp3) is 0.500. The molecule has 0 spiro atoms. The molecule has 0 aliphatic heterocycles. The molecule has 1 aromatic rings. The first-order valence-electron chi connectivity index (χ1n) is 5.84. The van der Waals surface area contributed by atoms with Gasteiger partial charge < -0.3 is 5.32 Å². The Morgan fingerprint density at radius 2 is 2.05 bits per heavy atom. The summed E-state index contributed by atoms with van der Waals surface area (Å²) in [5, 5.41) is 13.9. The zero-order valence-corrected chi connectivity index (χ0v) is 12.0. The van der Waals surface area contributed by atoms with E-state index in [0.717, 1.165) is 5.56 Å². The van der Waals surface area contributed by atoms with Crippen molar-refractivity contribution < 1.29 is 13.3 Å². The zero-order valence-electron chi connectivity index (χ0n) is 11.2. The van der Waals surface area contributed by atoms with Gasteiger partial charge in [0.05, 0.1) is 10.7 Å². The van der Waals surface area contributed by atoms with Gasteiger partial charge in [-0.05, 0) is 19.4 Å². The predicted molar refractivity (Wildman–Crippen MR) is 73.8 cm³/mol. The third-order valence-electron chi connectivity index (χ3n) is 2.81. The molecule has 1 N–H and O–H groups in total. The largest absolute Gasteiger partial charge is 0.309 e. The van der Waals surface area contributed by atoms with Crippen LogP contribution in [0.1, 0.15) is 18.1 Å². The van der Waals surface area contributed by atoms with Crippen molar-refractivity contribution in [3.63, 3.8) is 0 Å². The lowest BCUT2D eigenvalue weighted by Gasteiger charge is -2.13. The van der Waals surface area contributed by atoms with Gasteiger partial charge in [-0.1, -0.05) is 12.1 Å². The topological polar surface area (TPSA) is 89.3 Å². The molecule has 0 aliphatic rings. The molecule has 0 heterocycles. The van der Waals surface area contributed by atoms with Crippen molar-refractivity contribution in [2.24, 2.45) is 0 Å². The highest BCUT2D eigenvalue weighted by atomic mass is 32.2. The molecule has 6 nitrogen and oxygen atoms in total. The monoisotopic (exact) mass is 286 g/mol. The third kappa shape index (κ3) is 4.96. The average molecular weight is 286 g/mol. The number of hydrogen-bond acceptors (Lipinski definition) is 5. The van der Waals surface area contributed by atoms with Crippen LogP contribution in [-0.4, -0.2) is 31.4 Å². The van der Waals surface area contributed by atoms with Crippen LogP contribution in [0.15, 0.2) is 18.2 Å². The summed E-state index contributed by atoms with van der Waals surface area (Å²) >= 11 is 0. The smallest absolute Gasteiger partial charge is 0.272 e. The molecule has 0 saturated carbocycles. The SMILES string of the molecule is Cc1c(CNC(C)CS(C)(=O)=O)cccc1[N+](=O)[O-]. The minimum atomic E-state index is -3.03. The van der Waals surface area contributed by atoms with E-state index in [1.165, 1.54) is 12.3 Å². The summed E-state index contributed by atoms with van der Waals surface area (Å²) in [6, 6.07) is 4.68. The van der Waals surface area contributed by atoms with E-state index in [4.69, 9.17) is 0 Å². The molecule has 7 heteroatoms. The number of nitro groups is 1. The van der Waals surface area contributed by atoms with E-state index in [9.17, 15) is 18.5 Å². The maximum absolute atomic E-state index is 11.1. The lowest BCUT2D eigenvalue weighted by atomic mass is 10.1. The number of rotatable bonds is 6. The summed E-state index contributed by atoms with van der Waals surface area (Å²) in [5.74, 6) is 0.0426. The first kappa shape index (κ1) is 15.6. The molecule has 0 saturated heterocycles. The van der Waals surface area contributed by atoms with Gasteiger partial charge in [0.25, 0.3) is 5.69 Å². The molecule has 106 valence electrons. The highest BCUT2D eigenvalue weighted by molar-refractivity contribution is 7.90.